The van der Waals surface area contributed by atoms with E-state index in [0.29, 0.717) is 19.0 Å². The fraction of sp³-hybridized carbons (Fsp3) is 0.304. The number of amides is 1. The van der Waals surface area contributed by atoms with E-state index in [2.05, 4.69) is 5.10 Å². The van der Waals surface area contributed by atoms with E-state index in [-0.39, 0.29) is 30.9 Å². The molecule has 1 saturated heterocycles. The second-order valence-corrected chi connectivity index (χ2v) is 7.73. The molecule has 0 aliphatic carbocycles. The lowest BCUT2D eigenvalue weighted by Crippen LogP contribution is -2.48. The first-order valence-corrected chi connectivity index (χ1v) is 10.6. The number of rotatable bonds is 5. The van der Waals surface area contributed by atoms with E-state index in [1.54, 1.807) is 12.1 Å². The van der Waals surface area contributed by atoms with E-state index in [9.17, 15) is 27.6 Å². The molecule has 3 aromatic rings. The van der Waals surface area contributed by atoms with Crippen LogP contribution in [0.5, 0.6) is 5.75 Å². The number of hydrogen-bond acceptors (Lipinski definition) is 6. The van der Waals surface area contributed by atoms with E-state index in [1.807, 2.05) is 0 Å². The monoisotopic (exact) mass is 490 g/mol. The number of carbonyl (C=O) groups excluding carboxylic acids is 1. The number of ether oxygens (including phenoxy) is 2. The molecule has 184 valence electrons. The number of hydrogen-bond donors (Lipinski definition) is 0. The molecule has 35 heavy (non-hydrogen) atoms. The van der Waals surface area contributed by atoms with Gasteiger partial charge in [0.05, 0.1) is 38.1 Å². The van der Waals surface area contributed by atoms with Gasteiger partial charge in [-0.05, 0) is 42.0 Å². The van der Waals surface area contributed by atoms with Gasteiger partial charge in [0.2, 0.25) is 5.69 Å². The molecule has 9 nitrogen and oxygen atoms in total. The molecule has 2 heterocycles. The molecule has 0 atom stereocenters. The van der Waals surface area contributed by atoms with Crippen LogP contribution in [0.4, 0.5) is 13.2 Å². The van der Waals surface area contributed by atoms with Gasteiger partial charge in [0.25, 0.3) is 11.5 Å². The Morgan fingerprint density at radius 1 is 1.03 bits per heavy atom. The highest BCUT2D eigenvalue weighted by Gasteiger charge is 2.30. The molecular formula is C23H21F3N4O5. The maximum Gasteiger partial charge on any atom is 0.416 e. The number of carbonyl (C=O) groups is 1. The van der Waals surface area contributed by atoms with Gasteiger partial charge in [0.1, 0.15) is 5.75 Å². The van der Waals surface area contributed by atoms with Crippen LogP contribution in [0.25, 0.3) is 5.69 Å². The van der Waals surface area contributed by atoms with E-state index in [0.717, 1.165) is 21.4 Å². The van der Waals surface area contributed by atoms with E-state index in [1.165, 1.54) is 36.3 Å². The molecule has 1 aromatic heterocycles. The Bertz CT molecular complexity index is 1330. The van der Waals surface area contributed by atoms with Crippen molar-refractivity contribution in [2.45, 2.75) is 12.7 Å². The topological polar surface area (TPSA) is 95.7 Å². The number of alkyl halides is 3. The number of morpholine rings is 1. The number of halogens is 3. The number of nitrogens with zero attached hydrogens (tertiary/aromatic N) is 4. The lowest BCUT2D eigenvalue weighted by molar-refractivity contribution is -0.137. The zero-order valence-corrected chi connectivity index (χ0v) is 18.6. The Kier molecular flexibility index (Phi) is 6.74. The maximum absolute atomic E-state index is 13.2. The van der Waals surface area contributed by atoms with Gasteiger partial charge < -0.3 is 14.4 Å². The van der Waals surface area contributed by atoms with Crippen molar-refractivity contribution in [2.24, 2.45) is 0 Å². The van der Waals surface area contributed by atoms with Gasteiger partial charge >= 0.3 is 11.9 Å². The van der Waals surface area contributed by atoms with Crippen LogP contribution in [0.1, 0.15) is 21.6 Å². The second kappa shape index (κ2) is 9.74. The van der Waals surface area contributed by atoms with E-state index >= 15 is 0 Å². The molecule has 1 aliphatic heterocycles. The molecule has 2 aromatic carbocycles. The van der Waals surface area contributed by atoms with Gasteiger partial charge in [0, 0.05) is 13.1 Å². The lowest BCUT2D eigenvalue weighted by atomic mass is 10.1. The average molecular weight is 490 g/mol. The Hall–Kier alpha value is -3.93. The summed E-state index contributed by atoms with van der Waals surface area (Å²) in [6, 6.07) is 10.3. The Labute approximate surface area is 196 Å². The molecule has 4 rings (SSSR count). The summed E-state index contributed by atoms with van der Waals surface area (Å²) in [6.45, 7) is 0.742. The summed E-state index contributed by atoms with van der Waals surface area (Å²) in [5.41, 5.74) is -2.58. The van der Waals surface area contributed by atoms with Crippen LogP contribution in [0.3, 0.4) is 0 Å². The third-order valence-corrected chi connectivity index (χ3v) is 5.50. The van der Waals surface area contributed by atoms with Crippen LogP contribution in [0.2, 0.25) is 0 Å². The van der Waals surface area contributed by atoms with Gasteiger partial charge in [-0.3, -0.25) is 14.2 Å². The molecule has 0 spiro atoms. The quantitative estimate of drug-likeness (QED) is 0.543. The first-order chi connectivity index (χ1) is 16.7. The third-order valence-electron chi connectivity index (χ3n) is 5.50. The Balaban J connectivity index is 1.81. The van der Waals surface area contributed by atoms with Crippen molar-refractivity contribution < 1.29 is 27.4 Å². The zero-order chi connectivity index (χ0) is 25.2. The fourth-order valence-electron chi connectivity index (χ4n) is 3.58. The summed E-state index contributed by atoms with van der Waals surface area (Å²) in [6.07, 6.45) is -4.52. The van der Waals surface area contributed by atoms with Gasteiger partial charge in [-0.2, -0.15) is 23.0 Å². The number of methoxy groups -OCH3 is 1. The summed E-state index contributed by atoms with van der Waals surface area (Å²) < 4.78 is 50.8. The fourth-order valence-corrected chi connectivity index (χ4v) is 3.58. The lowest BCUT2D eigenvalue weighted by Gasteiger charge is -2.26. The van der Waals surface area contributed by atoms with E-state index in [4.69, 9.17) is 9.47 Å². The molecule has 0 bridgehead atoms. The van der Waals surface area contributed by atoms with Crippen LogP contribution in [0.15, 0.2) is 58.1 Å². The standard InChI is InChI=1S/C23H21F3N4O5/c1-34-18-8-6-17(7-9-18)30-22(33)29(14-15-2-4-16(5-3-15)23(24,25)26)21(32)19(27-30)20(31)28-10-12-35-13-11-28/h2-9H,10-14H2,1H3. The summed E-state index contributed by atoms with van der Waals surface area (Å²) in [5.74, 6) is -0.147. The van der Waals surface area contributed by atoms with E-state index < -0.39 is 34.6 Å². The molecule has 0 unspecified atom stereocenters. The maximum atomic E-state index is 13.2. The summed E-state index contributed by atoms with van der Waals surface area (Å²) in [5, 5.41) is 4.07. The molecule has 0 N–H and O–H groups in total. The smallest absolute Gasteiger partial charge is 0.416 e. The SMILES string of the molecule is COc1ccc(-n2nc(C(=O)N3CCOCC3)c(=O)n(Cc3ccc(C(F)(F)F)cc3)c2=O)cc1. The van der Waals surface area contributed by atoms with Gasteiger partial charge in [0.15, 0.2) is 0 Å². The predicted octanol–water partition coefficient (Wildman–Crippen LogP) is 1.94. The molecule has 1 amide bonds. The highest BCUT2D eigenvalue weighted by Crippen LogP contribution is 2.29. The van der Waals surface area contributed by atoms with Crippen molar-refractivity contribution in [3.05, 3.63) is 86.2 Å². The van der Waals surface area contributed by atoms with Crippen LogP contribution in [0, 0.1) is 0 Å². The molecule has 1 fully saturated rings. The Morgan fingerprint density at radius 2 is 1.66 bits per heavy atom. The van der Waals surface area contributed by atoms with Crippen molar-refractivity contribution in [3.63, 3.8) is 0 Å². The minimum atomic E-state index is -4.52. The van der Waals surface area contributed by atoms with Crippen molar-refractivity contribution in [1.82, 2.24) is 19.2 Å². The zero-order valence-electron chi connectivity index (χ0n) is 18.6. The first kappa shape index (κ1) is 24.2. The molecular weight excluding hydrogens is 469 g/mol. The largest absolute Gasteiger partial charge is 0.497 e. The van der Waals surface area contributed by atoms with Crippen LogP contribution in [-0.2, 0) is 17.5 Å². The summed E-state index contributed by atoms with van der Waals surface area (Å²) in [7, 11) is 1.47. The summed E-state index contributed by atoms with van der Waals surface area (Å²) >= 11 is 0. The molecule has 12 heteroatoms. The average Bonchev–Trinajstić information content (AvgIpc) is 2.87. The predicted molar refractivity (Wildman–Crippen MR) is 118 cm³/mol. The molecule has 0 radical (unpaired) electrons. The minimum absolute atomic E-state index is 0.251. The van der Waals surface area contributed by atoms with Gasteiger partial charge in [-0.15, -0.1) is 0 Å². The normalized spacial score (nSPS) is 14.1. The van der Waals surface area contributed by atoms with Crippen LogP contribution >= 0.6 is 0 Å². The third kappa shape index (κ3) is 5.11. The van der Waals surface area contributed by atoms with Gasteiger partial charge in [-0.1, -0.05) is 12.1 Å². The van der Waals surface area contributed by atoms with Crippen LogP contribution in [-0.4, -0.2) is 58.6 Å². The minimum Gasteiger partial charge on any atom is -0.497 e. The summed E-state index contributed by atoms with van der Waals surface area (Å²) in [4.78, 5) is 40.9. The first-order valence-electron chi connectivity index (χ1n) is 10.6. The number of aromatic nitrogens is 3. The molecule has 1 aliphatic rings. The Morgan fingerprint density at radius 3 is 2.23 bits per heavy atom. The van der Waals surface area contributed by atoms with Crippen molar-refractivity contribution in [3.8, 4) is 11.4 Å². The van der Waals surface area contributed by atoms with Crippen LogP contribution < -0.4 is 16.0 Å². The highest BCUT2D eigenvalue weighted by molar-refractivity contribution is 5.91. The number of benzene rings is 2. The van der Waals surface area contributed by atoms with Crippen molar-refractivity contribution in [2.75, 3.05) is 33.4 Å². The van der Waals surface area contributed by atoms with Crippen molar-refractivity contribution >= 4 is 5.91 Å². The van der Waals surface area contributed by atoms with Crippen molar-refractivity contribution in [1.29, 1.82) is 0 Å². The molecule has 0 saturated carbocycles. The highest BCUT2D eigenvalue weighted by atomic mass is 19.4. The second-order valence-electron chi connectivity index (χ2n) is 7.73. The van der Waals surface area contributed by atoms with Gasteiger partial charge in [-0.25, -0.2) is 4.79 Å².